The van der Waals surface area contributed by atoms with Gasteiger partial charge in [-0.1, -0.05) is 22.8 Å². The van der Waals surface area contributed by atoms with Gasteiger partial charge in [-0.15, -0.1) is 0 Å². The Morgan fingerprint density at radius 2 is 2.35 bits per heavy atom. The topological polar surface area (TPSA) is 60.2 Å². The van der Waals surface area contributed by atoms with Crippen LogP contribution < -0.4 is 10.1 Å². The summed E-state index contributed by atoms with van der Waals surface area (Å²) in [5.74, 6) is 1.81. The molecular weight excluding hydrogens is 278 g/mol. The molecule has 1 aliphatic carbocycles. The monoisotopic (exact) mass is 293 g/mol. The minimum Gasteiger partial charge on any atom is -0.481 e. The maximum absolute atomic E-state index is 5.92. The number of hydrogen-bond acceptors (Lipinski definition) is 5. The van der Waals surface area contributed by atoms with Crippen LogP contribution in [-0.2, 0) is 6.54 Å². The van der Waals surface area contributed by atoms with Crippen LogP contribution in [0.2, 0.25) is 5.02 Å². The first-order chi connectivity index (χ1) is 9.70. The van der Waals surface area contributed by atoms with E-state index in [1.54, 1.807) is 12.1 Å². The van der Waals surface area contributed by atoms with Crippen molar-refractivity contribution in [2.24, 2.45) is 0 Å². The molecule has 6 heteroatoms. The van der Waals surface area contributed by atoms with E-state index in [-0.39, 0.29) is 6.10 Å². The van der Waals surface area contributed by atoms with Crippen molar-refractivity contribution in [1.29, 1.82) is 0 Å². The van der Waals surface area contributed by atoms with Gasteiger partial charge in [-0.3, -0.25) is 0 Å². The number of benzene rings is 1. The van der Waals surface area contributed by atoms with Crippen molar-refractivity contribution in [3.63, 3.8) is 0 Å². The van der Waals surface area contributed by atoms with Gasteiger partial charge in [0.25, 0.3) is 5.89 Å². The van der Waals surface area contributed by atoms with Gasteiger partial charge in [-0.05, 0) is 38.0 Å². The molecule has 5 nitrogen and oxygen atoms in total. The van der Waals surface area contributed by atoms with Crippen LogP contribution in [0.1, 0.15) is 37.6 Å². The summed E-state index contributed by atoms with van der Waals surface area (Å²) in [7, 11) is 0. The zero-order valence-electron chi connectivity index (χ0n) is 11.2. The summed E-state index contributed by atoms with van der Waals surface area (Å²) in [6.45, 7) is 2.50. The normalized spacial score (nSPS) is 16.1. The Bertz CT molecular complexity index is 583. The first-order valence-corrected chi connectivity index (χ1v) is 7.06. The maximum Gasteiger partial charge on any atom is 0.267 e. The van der Waals surface area contributed by atoms with Gasteiger partial charge >= 0.3 is 0 Å². The lowest BCUT2D eigenvalue weighted by Gasteiger charge is -2.10. The van der Waals surface area contributed by atoms with E-state index in [9.17, 15) is 0 Å². The first kappa shape index (κ1) is 13.4. The summed E-state index contributed by atoms with van der Waals surface area (Å²) in [6, 6.07) is 7.85. The highest BCUT2D eigenvalue weighted by Crippen LogP contribution is 2.23. The average molecular weight is 294 g/mol. The van der Waals surface area contributed by atoms with Gasteiger partial charge in [-0.2, -0.15) is 4.98 Å². The largest absolute Gasteiger partial charge is 0.481 e. The lowest BCUT2D eigenvalue weighted by molar-refractivity contribution is 0.175. The number of rotatable bonds is 6. The van der Waals surface area contributed by atoms with Crippen LogP contribution in [0, 0.1) is 0 Å². The molecule has 1 N–H and O–H groups in total. The predicted molar refractivity (Wildman–Crippen MR) is 74.7 cm³/mol. The Hall–Kier alpha value is -1.59. The van der Waals surface area contributed by atoms with Crippen LogP contribution in [0.25, 0.3) is 0 Å². The van der Waals surface area contributed by atoms with Crippen molar-refractivity contribution in [3.05, 3.63) is 41.0 Å². The summed E-state index contributed by atoms with van der Waals surface area (Å²) in [5.41, 5.74) is 0. The predicted octanol–water partition coefficient (Wildman–Crippen LogP) is 3.12. The van der Waals surface area contributed by atoms with Crippen LogP contribution >= 0.6 is 11.6 Å². The molecule has 3 rings (SSSR count). The van der Waals surface area contributed by atoms with E-state index in [0.29, 0.717) is 35.1 Å². The molecule has 1 aromatic heterocycles. The quantitative estimate of drug-likeness (QED) is 0.887. The molecule has 1 aliphatic rings. The lowest BCUT2D eigenvalue weighted by Crippen LogP contribution is -2.16. The van der Waals surface area contributed by atoms with Crippen molar-refractivity contribution >= 4 is 11.6 Å². The summed E-state index contributed by atoms with van der Waals surface area (Å²) in [5, 5.41) is 7.91. The van der Waals surface area contributed by atoms with Gasteiger partial charge in [0.2, 0.25) is 0 Å². The summed E-state index contributed by atoms with van der Waals surface area (Å²) >= 11 is 5.92. The van der Waals surface area contributed by atoms with Crippen LogP contribution in [0.5, 0.6) is 5.75 Å². The number of nitrogens with one attached hydrogen (secondary N) is 1. The summed E-state index contributed by atoms with van der Waals surface area (Å²) < 4.78 is 11.0. The first-order valence-electron chi connectivity index (χ1n) is 6.69. The van der Waals surface area contributed by atoms with E-state index in [1.165, 1.54) is 12.8 Å². The molecule has 0 spiro atoms. The highest BCUT2D eigenvalue weighted by molar-refractivity contribution is 6.30. The van der Waals surface area contributed by atoms with Crippen LogP contribution in [0.4, 0.5) is 0 Å². The summed E-state index contributed by atoms with van der Waals surface area (Å²) in [4.78, 5) is 4.33. The molecule has 1 aromatic carbocycles. The molecule has 0 amide bonds. The molecule has 20 heavy (non-hydrogen) atoms. The lowest BCUT2D eigenvalue weighted by atomic mass is 10.3. The van der Waals surface area contributed by atoms with Gasteiger partial charge in [0, 0.05) is 11.1 Å². The van der Waals surface area contributed by atoms with Crippen molar-refractivity contribution in [1.82, 2.24) is 15.5 Å². The Morgan fingerprint density at radius 3 is 3.10 bits per heavy atom. The Morgan fingerprint density at radius 1 is 1.50 bits per heavy atom. The Kier molecular flexibility index (Phi) is 3.89. The number of aromatic nitrogens is 2. The van der Waals surface area contributed by atoms with E-state index in [0.717, 1.165) is 0 Å². The van der Waals surface area contributed by atoms with E-state index < -0.39 is 0 Å². The Labute approximate surface area is 122 Å². The van der Waals surface area contributed by atoms with Gasteiger partial charge < -0.3 is 14.6 Å². The number of halogens is 1. The smallest absolute Gasteiger partial charge is 0.267 e. The van der Waals surface area contributed by atoms with E-state index in [1.807, 2.05) is 19.1 Å². The highest BCUT2D eigenvalue weighted by atomic mass is 35.5. The molecule has 1 heterocycles. The minimum atomic E-state index is -0.310. The van der Waals surface area contributed by atoms with Crippen molar-refractivity contribution < 1.29 is 9.26 Å². The van der Waals surface area contributed by atoms with Gasteiger partial charge in [0.15, 0.2) is 11.9 Å². The maximum atomic E-state index is 5.92. The standard InChI is InChI=1S/C14H16ClN3O2/c1-9(19-12-4-2-3-10(15)7-12)14-17-13(18-20-14)8-16-11-5-6-11/h2-4,7,9,11,16H,5-6,8H2,1H3. The van der Waals surface area contributed by atoms with Crippen molar-refractivity contribution in [2.45, 2.75) is 38.5 Å². The average Bonchev–Trinajstić information content (AvgIpc) is 3.13. The molecule has 2 aromatic rings. The number of nitrogens with zero attached hydrogens (tertiary/aromatic N) is 2. The fourth-order valence-electron chi connectivity index (χ4n) is 1.82. The van der Waals surface area contributed by atoms with Crippen molar-refractivity contribution in [2.75, 3.05) is 0 Å². The minimum absolute atomic E-state index is 0.310. The van der Waals surface area contributed by atoms with E-state index >= 15 is 0 Å². The fraction of sp³-hybridized carbons (Fsp3) is 0.429. The number of ether oxygens (including phenoxy) is 1. The number of hydrogen-bond donors (Lipinski definition) is 1. The molecule has 0 bridgehead atoms. The molecule has 0 aliphatic heterocycles. The molecule has 1 atom stereocenters. The van der Waals surface area contributed by atoms with Gasteiger partial charge in [-0.25, -0.2) is 0 Å². The molecule has 1 unspecified atom stereocenters. The van der Waals surface area contributed by atoms with Crippen LogP contribution in [0.3, 0.4) is 0 Å². The SMILES string of the molecule is CC(Oc1cccc(Cl)c1)c1nc(CNC2CC2)no1. The third-order valence-electron chi connectivity index (χ3n) is 3.07. The van der Waals surface area contributed by atoms with Gasteiger partial charge in [0.05, 0.1) is 6.54 Å². The Balaban J connectivity index is 1.59. The van der Waals surface area contributed by atoms with Crippen LogP contribution in [0.15, 0.2) is 28.8 Å². The summed E-state index contributed by atoms with van der Waals surface area (Å²) in [6.07, 6.45) is 2.16. The second kappa shape index (κ2) is 5.81. The van der Waals surface area contributed by atoms with Gasteiger partial charge in [0.1, 0.15) is 5.75 Å². The molecule has 1 saturated carbocycles. The molecule has 1 fully saturated rings. The fourth-order valence-corrected chi connectivity index (χ4v) is 2.00. The van der Waals surface area contributed by atoms with Crippen molar-refractivity contribution in [3.8, 4) is 5.75 Å². The van der Waals surface area contributed by atoms with E-state index in [2.05, 4.69) is 15.5 Å². The second-order valence-electron chi connectivity index (χ2n) is 4.92. The van der Waals surface area contributed by atoms with Crippen LogP contribution in [-0.4, -0.2) is 16.2 Å². The zero-order chi connectivity index (χ0) is 13.9. The molecule has 106 valence electrons. The zero-order valence-corrected chi connectivity index (χ0v) is 11.9. The third kappa shape index (κ3) is 3.49. The molecule has 0 saturated heterocycles. The third-order valence-corrected chi connectivity index (χ3v) is 3.30. The second-order valence-corrected chi connectivity index (χ2v) is 5.36. The molecular formula is C14H16ClN3O2. The molecule has 0 radical (unpaired) electrons. The van der Waals surface area contributed by atoms with E-state index in [4.69, 9.17) is 20.9 Å². The highest BCUT2D eigenvalue weighted by Gasteiger charge is 2.22.